The summed E-state index contributed by atoms with van der Waals surface area (Å²) in [5.74, 6) is -0.968. The molecule has 3 rings (SSSR count). The number of anilines is 1. The number of amides is 2. The Hall–Kier alpha value is -3.42. The number of hydrogen-bond donors (Lipinski definition) is 2. The Morgan fingerprint density at radius 1 is 0.970 bits per heavy atom. The molecular weight excluding hydrogens is 504 g/mol. The van der Waals surface area contributed by atoms with Gasteiger partial charge >= 0.3 is 0 Å². The molecule has 33 heavy (non-hydrogen) atoms. The maximum atomic E-state index is 12.9. The van der Waals surface area contributed by atoms with Gasteiger partial charge in [0.15, 0.2) is 0 Å². The maximum Gasteiger partial charge on any atom is 0.287 e. The number of hydrogen-bond acceptors (Lipinski definition) is 4. The summed E-state index contributed by atoms with van der Waals surface area (Å²) in [7, 11) is 3.89. The second-order valence-electron chi connectivity index (χ2n) is 7.26. The Morgan fingerprint density at radius 2 is 1.64 bits per heavy atom. The lowest BCUT2D eigenvalue weighted by atomic mass is 10.1. The monoisotopic (exact) mass is 524 g/mol. The predicted octanol–water partition coefficient (Wildman–Crippen LogP) is 5.09. The van der Waals surface area contributed by atoms with Crippen molar-refractivity contribution >= 4 is 57.3 Å². The van der Waals surface area contributed by atoms with E-state index in [0.717, 1.165) is 21.3 Å². The number of rotatable bonds is 7. The first kappa shape index (κ1) is 24.2. The third-order valence-corrected chi connectivity index (χ3v) is 5.30. The zero-order chi connectivity index (χ0) is 23.8. The van der Waals surface area contributed by atoms with E-state index in [0.29, 0.717) is 10.6 Å². The van der Waals surface area contributed by atoms with Crippen molar-refractivity contribution in [2.75, 3.05) is 19.0 Å². The normalized spacial score (nSPS) is 11.3. The molecule has 2 N–H and O–H groups in total. The number of halogens is 2. The molecule has 6 nitrogen and oxygen atoms in total. The molecule has 168 valence electrons. The van der Waals surface area contributed by atoms with Crippen molar-refractivity contribution in [3.05, 3.63) is 105 Å². The van der Waals surface area contributed by atoms with Crippen LogP contribution in [-0.2, 0) is 4.79 Å². The van der Waals surface area contributed by atoms with Gasteiger partial charge < -0.3 is 10.2 Å². The van der Waals surface area contributed by atoms with Crippen LogP contribution < -0.4 is 15.6 Å². The van der Waals surface area contributed by atoms with Gasteiger partial charge in [-0.05, 0) is 59.7 Å². The maximum absolute atomic E-state index is 12.9. The first-order chi connectivity index (χ1) is 15.8. The van der Waals surface area contributed by atoms with Crippen LogP contribution in [0.1, 0.15) is 21.5 Å². The molecule has 0 spiro atoms. The molecule has 3 aromatic carbocycles. The molecule has 0 radical (unpaired) electrons. The second kappa shape index (κ2) is 11.4. The minimum absolute atomic E-state index is 0.0610. The Morgan fingerprint density at radius 3 is 2.27 bits per heavy atom. The summed E-state index contributed by atoms with van der Waals surface area (Å²) in [6.07, 6.45) is 3.09. The molecule has 0 aliphatic heterocycles. The van der Waals surface area contributed by atoms with Crippen LogP contribution in [0, 0.1) is 0 Å². The third kappa shape index (κ3) is 7.30. The van der Waals surface area contributed by atoms with Crippen LogP contribution in [0.3, 0.4) is 0 Å². The lowest BCUT2D eigenvalue weighted by Crippen LogP contribution is -2.32. The van der Waals surface area contributed by atoms with E-state index in [9.17, 15) is 9.59 Å². The summed E-state index contributed by atoms with van der Waals surface area (Å²) >= 11 is 9.24. The van der Waals surface area contributed by atoms with Gasteiger partial charge in [0.1, 0.15) is 5.70 Å². The quantitative estimate of drug-likeness (QED) is 0.256. The minimum Gasteiger partial charge on any atom is -0.378 e. The SMILES string of the molecule is CN(C)c1ccc(/C=C(\NC(=O)c2cccc(Br)c2)C(=O)N/N=C\c2ccc(Cl)cc2)cc1. The van der Waals surface area contributed by atoms with Crippen LogP contribution in [0.4, 0.5) is 5.69 Å². The summed E-state index contributed by atoms with van der Waals surface area (Å²) in [5.41, 5.74) is 5.47. The van der Waals surface area contributed by atoms with E-state index in [1.807, 2.05) is 49.3 Å². The highest BCUT2D eigenvalue weighted by atomic mass is 79.9. The summed E-state index contributed by atoms with van der Waals surface area (Å²) in [6.45, 7) is 0. The first-order valence-electron chi connectivity index (χ1n) is 9.97. The van der Waals surface area contributed by atoms with Crippen LogP contribution in [-0.4, -0.2) is 32.1 Å². The molecule has 0 atom stereocenters. The van der Waals surface area contributed by atoms with Crippen molar-refractivity contribution in [1.82, 2.24) is 10.7 Å². The average Bonchev–Trinajstić information content (AvgIpc) is 2.80. The molecule has 0 unspecified atom stereocenters. The van der Waals surface area contributed by atoms with E-state index < -0.39 is 11.8 Å². The van der Waals surface area contributed by atoms with Crippen molar-refractivity contribution in [2.45, 2.75) is 0 Å². The highest BCUT2D eigenvalue weighted by Gasteiger charge is 2.15. The molecule has 0 heterocycles. The van der Waals surface area contributed by atoms with Crippen LogP contribution in [0.25, 0.3) is 6.08 Å². The van der Waals surface area contributed by atoms with Gasteiger partial charge in [0, 0.05) is 34.8 Å². The number of carbonyl (C=O) groups excluding carboxylic acids is 2. The molecule has 0 saturated carbocycles. The van der Waals surface area contributed by atoms with Crippen LogP contribution in [0.2, 0.25) is 5.02 Å². The highest BCUT2D eigenvalue weighted by molar-refractivity contribution is 9.10. The number of nitrogens with zero attached hydrogens (tertiary/aromatic N) is 2. The topological polar surface area (TPSA) is 73.8 Å². The van der Waals surface area contributed by atoms with Gasteiger partial charge in [-0.15, -0.1) is 0 Å². The number of carbonyl (C=O) groups is 2. The van der Waals surface area contributed by atoms with E-state index in [4.69, 9.17) is 11.6 Å². The Bertz CT molecular complexity index is 1190. The highest BCUT2D eigenvalue weighted by Crippen LogP contribution is 2.16. The molecule has 0 fully saturated rings. The molecule has 3 aromatic rings. The molecular formula is C25H22BrClN4O2. The van der Waals surface area contributed by atoms with Gasteiger partial charge in [0.05, 0.1) is 6.21 Å². The number of hydrazone groups is 1. The zero-order valence-corrected chi connectivity index (χ0v) is 20.4. The summed E-state index contributed by atoms with van der Waals surface area (Å²) in [5, 5.41) is 7.29. The molecule has 0 aliphatic carbocycles. The molecule has 0 bridgehead atoms. The third-order valence-electron chi connectivity index (χ3n) is 4.55. The van der Waals surface area contributed by atoms with Gasteiger partial charge in [-0.25, -0.2) is 5.43 Å². The summed E-state index contributed by atoms with van der Waals surface area (Å²) < 4.78 is 0.761. The van der Waals surface area contributed by atoms with E-state index in [2.05, 4.69) is 31.8 Å². The average molecular weight is 526 g/mol. The lowest BCUT2D eigenvalue weighted by molar-refractivity contribution is -0.117. The van der Waals surface area contributed by atoms with Crippen molar-refractivity contribution in [3.8, 4) is 0 Å². The van der Waals surface area contributed by atoms with Crippen molar-refractivity contribution in [1.29, 1.82) is 0 Å². The smallest absolute Gasteiger partial charge is 0.287 e. The lowest BCUT2D eigenvalue weighted by Gasteiger charge is -2.13. The Kier molecular flexibility index (Phi) is 8.40. The standard InChI is InChI=1S/C25H22BrClN4O2/c1-31(2)22-12-8-17(9-13-22)14-23(29-24(32)19-4-3-5-20(26)15-19)25(33)30-28-16-18-6-10-21(27)11-7-18/h3-16H,1-2H3,(H,29,32)(H,30,33)/b23-14-,28-16-. The van der Waals surface area contributed by atoms with Crippen molar-refractivity contribution in [3.63, 3.8) is 0 Å². The van der Waals surface area contributed by atoms with Crippen molar-refractivity contribution in [2.24, 2.45) is 5.10 Å². The molecule has 0 saturated heterocycles. The second-order valence-corrected chi connectivity index (χ2v) is 8.61. The van der Waals surface area contributed by atoms with Gasteiger partial charge in [0.2, 0.25) is 0 Å². The predicted molar refractivity (Wildman–Crippen MR) is 138 cm³/mol. The number of benzene rings is 3. The van der Waals surface area contributed by atoms with Gasteiger partial charge in [-0.2, -0.15) is 5.10 Å². The molecule has 0 aromatic heterocycles. The summed E-state index contributed by atoms with van der Waals surface area (Å²) in [6, 6.07) is 21.5. The van der Waals surface area contributed by atoms with E-state index in [1.165, 1.54) is 6.21 Å². The fourth-order valence-corrected chi connectivity index (χ4v) is 3.32. The first-order valence-corrected chi connectivity index (χ1v) is 11.1. The molecule has 0 aliphatic rings. The molecule has 8 heteroatoms. The van der Waals surface area contributed by atoms with E-state index in [-0.39, 0.29) is 5.70 Å². The van der Waals surface area contributed by atoms with Crippen LogP contribution in [0.5, 0.6) is 0 Å². The number of nitrogens with one attached hydrogen (secondary N) is 2. The van der Waals surface area contributed by atoms with E-state index in [1.54, 1.807) is 48.5 Å². The van der Waals surface area contributed by atoms with Crippen LogP contribution >= 0.6 is 27.5 Å². The van der Waals surface area contributed by atoms with Gasteiger partial charge in [0.25, 0.3) is 11.8 Å². The fraction of sp³-hybridized carbons (Fsp3) is 0.0800. The van der Waals surface area contributed by atoms with Crippen molar-refractivity contribution < 1.29 is 9.59 Å². The Labute approximate surface area is 206 Å². The minimum atomic E-state index is -0.555. The zero-order valence-electron chi connectivity index (χ0n) is 18.0. The molecule has 2 amide bonds. The largest absolute Gasteiger partial charge is 0.378 e. The fourth-order valence-electron chi connectivity index (χ4n) is 2.79. The summed E-state index contributed by atoms with van der Waals surface area (Å²) in [4.78, 5) is 27.6. The van der Waals surface area contributed by atoms with Crippen LogP contribution in [0.15, 0.2) is 88.1 Å². The van der Waals surface area contributed by atoms with E-state index >= 15 is 0 Å². The van der Waals surface area contributed by atoms with Gasteiger partial charge in [-0.1, -0.05) is 57.9 Å². The Balaban J connectivity index is 1.82. The van der Waals surface area contributed by atoms with Gasteiger partial charge in [-0.3, -0.25) is 9.59 Å².